The summed E-state index contributed by atoms with van der Waals surface area (Å²) in [7, 11) is 0. The standard InChI is InChI=1S/C22H22BrN5O2/c1-15-6-7-16(23)19(25-15)13-28-21(29)14-30-22(28)8-10-27(11-9-22)20-12-24-17-4-2-3-5-18(17)26-20/h2-7,12H,8-11,13-14H2,1H3. The van der Waals surface area contributed by atoms with Crippen LogP contribution in [0.15, 0.2) is 47.1 Å². The minimum Gasteiger partial charge on any atom is -0.355 e. The second kappa shape index (κ2) is 7.59. The zero-order chi connectivity index (χ0) is 20.7. The normalized spacial score (nSPS) is 18.5. The molecule has 154 valence electrons. The molecule has 2 aromatic heterocycles. The average molecular weight is 468 g/mol. The predicted molar refractivity (Wildman–Crippen MR) is 117 cm³/mol. The molecule has 0 bridgehead atoms. The van der Waals surface area contributed by atoms with Gasteiger partial charge in [-0.05, 0) is 47.1 Å². The van der Waals surface area contributed by atoms with Gasteiger partial charge >= 0.3 is 0 Å². The Morgan fingerprint density at radius 2 is 1.87 bits per heavy atom. The van der Waals surface area contributed by atoms with Gasteiger partial charge in [-0.1, -0.05) is 12.1 Å². The van der Waals surface area contributed by atoms with Crippen LogP contribution in [0.5, 0.6) is 0 Å². The maximum Gasteiger partial charge on any atom is 0.251 e. The van der Waals surface area contributed by atoms with Gasteiger partial charge in [-0.2, -0.15) is 0 Å². The van der Waals surface area contributed by atoms with Crippen molar-refractivity contribution in [2.75, 3.05) is 24.6 Å². The monoisotopic (exact) mass is 467 g/mol. The molecule has 30 heavy (non-hydrogen) atoms. The Bertz CT molecular complexity index is 1110. The van der Waals surface area contributed by atoms with Crippen molar-refractivity contribution in [3.05, 3.63) is 58.5 Å². The third-order valence-electron chi connectivity index (χ3n) is 5.93. The molecule has 0 aliphatic carbocycles. The van der Waals surface area contributed by atoms with Crippen molar-refractivity contribution in [1.29, 1.82) is 0 Å². The molecule has 5 rings (SSSR count). The van der Waals surface area contributed by atoms with E-state index in [1.165, 1.54) is 0 Å². The van der Waals surface area contributed by atoms with Crippen molar-refractivity contribution in [3.8, 4) is 0 Å². The third kappa shape index (κ3) is 3.44. The van der Waals surface area contributed by atoms with E-state index in [-0.39, 0.29) is 12.5 Å². The number of pyridine rings is 1. The van der Waals surface area contributed by atoms with Crippen molar-refractivity contribution >= 4 is 38.7 Å². The van der Waals surface area contributed by atoms with Crippen LogP contribution in [-0.4, -0.2) is 51.2 Å². The zero-order valence-corrected chi connectivity index (χ0v) is 18.3. The molecule has 1 amide bonds. The highest BCUT2D eigenvalue weighted by Gasteiger charge is 2.48. The number of aromatic nitrogens is 3. The summed E-state index contributed by atoms with van der Waals surface area (Å²) in [6, 6.07) is 11.8. The molecule has 0 saturated carbocycles. The number of rotatable bonds is 3. The number of amides is 1. The maximum atomic E-state index is 12.7. The molecule has 2 fully saturated rings. The quantitative estimate of drug-likeness (QED) is 0.587. The van der Waals surface area contributed by atoms with Crippen molar-refractivity contribution in [1.82, 2.24) is 19.9 Å². The molecule has 0 atom stereocenters. The summed E-state index contributed by atoms with van der Waals surface area (Å²) in [4.78, 5) is 30.7. The fourth-order valence-corrected chi connectivity index (χ4v) is 4.61. The van der Waals surface area contributed by atoms with Gasteiger partial charge in [-0.25, -0.2) is 4.98 Å². The topological polar surface area (TPSA) is 71.5 Å². The second-order valence-electron chi connectivity index (χ2n) is 7.80. The molecule has 8 heteroatoms. The van der Waals surface area contributed by atoms with Crippen molar-refractivity contribution < 1.29 is 9.53 Å². The molecule has 2 aliphatic heterocycles. The Kier molecular flexibility index (Phi) is 4.91. The van der Waals surface area contributed by atoms with Gasteiger partial charge in [0.2, 0.25) is 0 Å². The molecule has 1 spiro atoms. The molecule has 0 unspecified atom stereocenters. The highest BCUT2D eigenvalue weighted by atomic mass is 79.9. The van der Waals surface area contributed by atoms with Crippen LogP contribution in [0, 0.1) is 6.92 Å². The number of fused-ring (bicyclic) bond motifs is 1. The average Bonchev–Trinajstić information content (AvgIpc) is 3.06. The van der Waals surface area contributed by atoms with E-state index in [4.69, 9.17) is 9.72 Å². The molecule has 2 aliphatic rings. The summed E-state index contributed by atoms with van der Waals surface area (Å²) in [5, 5.41) is 0. The fourth-order valence-electron chi connectivity index (χ4n) is 4.26. The Morgan fingerprint density at radius 3 is 2.67 bits per heavy atom. The number of carbonyl (C=O) groups is 1. The third-order valence-corrected chi connectivity index (χ3v) is 6.65. The van der Waals surface area contributed by atoms with Gasteiger partial charge in [-0.3, -0.25) is 14.8 Å². The first kappa shape index (κ1) is 19.4. The largest absolute Gasteiger partial charge is 0.355 e. The van der Waals surface area contributed by atoms with Gasteiger partial charge < -0.3 is 14.5 Å². The van der Waals surface area contributed by atoms with Gasteiger partial charge in [0.05, 0.1) is 29.5 Å². The van der Waals surface area contributed by atoms with E-state index in [1.807, 2.05) is 54.4 Å². The summed E-state index contributed by atoms with van der Waals surface area (Å²) in [5.74, 6) is 0.881. The molecule has 4 heterocycles. The highest BCUT2D eigenvalue weighted by molar-refractivity contribution is 9.10. The van der Waals surface area contributed by atoms with E-state index >= 15 is 0 Å². The lowest BCUT2D eigenvalue weighted by Gasteiger charge is -2.43. The van der Waals surface area contributed by atoms with E-state index in [0.29, 0.717) is 6.54 Å². The number of hydrogen-bond donors (Lipinski definition) is 0. The van der Waals surface area contributed by atoms with E-state index in [0.717, 1.165) is 58.6 Å². The number of hydrogen-bond acceptors (Lipinski definition) is 6. The van der Waals surface area contributed by atoms with Gasteiger partial charge in [0.1, 0.15) is 18.1 Å². The summed E-state index contributed by atoms with van der Waals surface area (Å²) in [6.45, 7) is 4.02. The predicted octanol–water partition coefficient (Wildman–Crippen LogP) is 3.45. The molecular formula is C22H22BrN5O2. The van der Waals surface area contributed by atoms with Crippen LogP contribution in [0.25, 0.3) is 11.0 Å². The fraction of sp³-hybridized carbons (Fsp3) is 0.364. The van der Waals surface area contributed by atoms with Crippen LogP contribution in [0.2, 0.25) is 0 Å². The second-order valence-corrected chi connectivity index (χ2v) is 8.65. The van der Waals surface area contributed by atoms with Gasteiger partial charge in [0.25, 0.3) is 5.91 Å². The van der Waals surface area contributed by atoms with Crippen molar-refractivity contribution in [3.63, 3.8) is 0 Å². The number of carbonyl (C=O) groups excluding carboxylic acids is 1. The van der Waals surface area contributed by atoms with E-state index < -0.39 is 5.72 Å². The van der Waals surface area contributed by atoms with Crippen LogP contribution in [0.4, 0.5) is 5.82 Å². The number of para-hydroxylation sites is 2. The molecule has 0 N–H and O–H groups in total. The first-order valence-corrected chi connectivity index (χ1v) is 10.9. The number of ether oxygens (including phenoxy) is 1. The number of nitrogens with zero attached hydrogens (tertiary/aromatic N) is 5. The number of piperidine rings is 1. The summed E-state index contributed by atoms with van der Waals surface area (Å²) >= 11 is 3.57. The SMILES string of the molecule is Cc1ccc(Br)c(CN2C(=O)COC23CCN(c2cnc4ccccc4n2)CC3)n1. The Labute approximate surface area is 183 Å². The molecule has 3 aromatic rings. The molecular weight excluding hydrogens is 446 g/mol. The molecule has 2 saturated heterocycles. The summed E-state index contributed by atoms with van der Waals surface area (Å²) in [6.07, 6.45) is 3.26. The van der Waals surface area contributed by atoms with Crippen LogP contribution < -0.4 is 4.90 Å². The van der Waals surface area contributed by atoms with Crippen LogP contribution in [-0.2, 0) is 16.1 Å². The number of benzene rings is 1. The van der Waals surface area contributed by atoms with E-state index in [9.17, 15) is 4.79 Å². The van der Waals surface area contributed by atoms with Crippen LogP contribution >= 0.6 is 15.9 Å². The van der Waals surface area contributed by atoms with Crippen molar-refractivity contribution in [2.24, 2.45) is 0 Å². The minimum absolute atomic E-state index is 0.0177. The Morgan fingerprint density at radius 1 is 1.10 bits per heavy atom. The van der Waals surface area contributed by atoms with E-state index in [2.05, 4.69) is 30.8 Å². The van der Waals surface area contributed by atoms with Crippen LogP contribution in [0.1, 0.15) is 24.2 Å². The summed E-state index contributed by atoms with van der Waals surface area (Å²) < 4.78 is 6.98. The lowest BCUT2D eigenvalue weighted by molar-refractivity contribution is -0.137. The molecule has 7 nitrogen and oxygen atoms in total. The lowest BCUT2D eigenvalue weighted by Crippen LogP contribution is -2.54. The van der Waals surface area contributed by atoms with Gasteiger partial charge in [0, 0.05) is 36.1 Å². The van der Waals surface area contributed by atoms with Gasteiger partial charge in [-0.15, -0.1) is 0 Å². The first-order chi connectivity index (χ1) is 14.5. The molecule has 0 radical (unpaired) electrons. The molecule has 1 aromatic carbocycles. The number of aryl methyl sites for hydroxylation is 1. The number of halogens is 1. The Balaban J connectivity index is 1.35. The van der Waals surface area contributed by atoms with E-state index in [1.54, 1.807) is 0 Å². The smallest absolute Gasteiger partial charge is 0.251 e. The van der Waals surface area contributed by atoms with Crippen molar-refractivity contribution in [2.45, 2.75) is 32.0 Å². The zero-order valence-electron chi connectivity index (χ0n) is 16.7. The first-order valence-electron chi connectivity index (χ1n) is 10.1. The maximum absolute atomic E-state index is 12.7. The Hall–Kier alpha value is -2.58. The summed E-state index contributed by atoms with van der Waals surface area (Å²) in [5.41, 5.74) is 2.99. The lowest BCUT2D eigenvalue weighted by atomic mass is 9.98. The van der Waals surface area contributed by atoms with Gasteiger partial charge in [0.15, 0.2) is 0 Å². The minimum atomic E-state index is -0.581. The van der Waals surface area contributed by atoms with Crippen LogP contribution in [0.3, 0.4) is 0 Å². The number of anilines is 1. The highest BCUT2D eigenvalue weighted by Crippen LogP contribution is 2.37.